The van der Waals surface area contributed by atoms with Crippen LogP contribution in [-0.2, 0) is 4.74 Å². The van der Waals surface area contributed by atoms with Gasteiger partial charge in [0.05, 0.1) is 17.8 Å². The first-order valence-electron chi connectivity index (χ1n) is 7.79. The van der Waals surface area contributed by atoms with E-state index in [2.05, 4.69) is 26.2 Å². The molecule has 1 aliphatic rings. The van der Waals surface area contributed by atoms with Crippen molar-refractivity contribution in [1.29, 1.82) is 0 Å². The van der Waals surface area contributed by atoms with Crippen LogP contribution in [0.25, 0.3) is 5.69 Å². The van der Waals surface area contributed by atoms with Crippen molar-refractivity contribution in [2.45, 2.75) is 37.1 Å². The van der Waals surface area contributed by atoms with Crippen molar-refractivity contribution in [3.8, 4) is 5.69 Å². The smallest absolute Gasteiger partial charge is 0.319 e. The van der Waals surface area contributed by atoms with Gasteiger partial charge in [-0.05, 0) is 54.6 Å². The van der Waals surface area contributed by atoms with Gasteiger partial charge in [-0.3, -0.25) is 0 Å². The first-order valence-corrected chi connectivity index (χ1v) is 9.02. The van der Waals surface area contributed by atoms with E-state index in [0.29, 0.717) is 10.8 Å². The Kier molecular flexibility index (Phi) is 5.31. The molecular formula is C15H20N6O2S. The summed E-state index contributed by atoms with van der Waals surface area (Å²) in [5.74, 6) is 0. The zero-order valence-electron chi connectivity index (χ0n) is 13.6. The van der Waals surface area contributed by atoms with Crippen LogP contribution < -0.4 is 10.6 Å². The number of ether oxygens (including phenoxy) is 1. The van der Waals surface area contributed by atoms with Gasteiger partial charge in [-0.25, -0.2) is 4.79 Å². The maximum absolute atomic E-state index is 12.2. The molecule has 1 aliphatic heterocycles. The number of hydrogen-bond donors (Lipinski definition) is 2. The second-order valence-electron chi connectivity index (χ2n) is 5.57. The van der Waals surface area contributed by atoms with E-state index in [1.165, 1.54) is 11.8 Å². The van der Waals surface area contributed by atoms with E-state index in [9.17, 15) is 4.79 Å². The first-order chi connectivity index (χ1) is 11.7. The number of anilines is 1. The summed E-state index contributed by atoms with van der Waals surface area (Å²) in [4.78, 5) is 12.2. The quantitative estimate of drug-likeness (QED) is 0.804. The minimum absolute atomic E-state index is 0.0294. The Morgan fingerprint density at radius 3 is 3.12 bits per heavy atom. The molecule has 128 valence electrons. The largest absolute Gasteiger partial charge is 0.376 e. The molecule has 0 unspecified atom stereocenters. The highest BCUT2D eigenvalue weighted by molar-refractivity contribution is 7.98. The molecule has 1 aromatic heterocycles. The van der Waals surface area contributed by atoms with Crippen LogP contribution in [0.5, 0.6) is 0 Å². The van der Waals surface area contributed by atoms with Crippen LogP contribution in [0.4, 0.5) is 10.5 Å². The maximum atomic E-state index is 12.2. The first kappa shape index (κ1) is 16.7. The number of benzene rings is 1. The summed E-state index contributed by atoms with van der Waals surface area (Å²) in [5.41, 5.74) is 1.46. The molecule has 2 heterocycles. The van der Waals surface area contributed by atoms with E-state index in [0.717, 1.165) is 25.1 Å². The van der Waals surface area contributed by atoms with Crippen molar-refractivity contribution >= 4 is 23.5 Å². The number of carbonyl (C=O) groups is 1. The zero-order valence-corrected chi connectivity index (χ0v) is 14.4. The minimum atomic E-state index is -0.253. The highest BCUT2D eigenvalue weighted by atomic mass is 32.2. The van der Waals surface area contributed by atoms with E-state index in [4.69, 9.17) is 4.74 Å². The number of tetrazole rings is 1. The topological polar surface area (TPSA) is 94.0 Å². The van der Waals surface area contributed by atoms with Crippen LogP contribution in [0, 0.1) is 0 Å². The standard InChI is InChI=1S/C15H20N6O2S/c1-10(13-7-4-8-23-13)16-14(22)17-11-5-3-6-12(9-11)21-15(24-2)18-19-20-21/h3,5-6,9-10,13H,4,7-8H2,1-2H3,(H2,16,17,22)/t10-,13+/m1/s1. The van der Waals surface area contributed by atoms with Crippen molar-refractivity contribution in [2.75, 3.05) is 18.2 Å². The lowest BCUT2D eigenvalue weighted by molar-refractivity contribution is 0.0868. The molecule has 0 saturated carbocycles. The molecule has 0 aliphatic carbocycles. The monoisotopic (exact) mass is 348 g/mol. The van der Waals surface area contributed by atoms with Crippen LogP contribution in [0.2, 0.25) is 0 Å². The Morgan fingerprint density at radius 1 is 1.50 bits per heavy atom. The molecule has 0 spiro atoms. The summed E-state index contributed by atoms with van der Waals surface area (Å²) in [7, 11) is 0. The number of urea groups is 1. The number of nitrogens with one attached hydrogen (secondary N) is 2. The molecule has 2 amide bonds. The van der Waals surface area contributed by atoms with E-state index < -0.39 is 0 Å². The third-order valence-corrected chi connectivity index (χ3v) is 4.47. The fourth-order valence-electron chi connectivity index (χ4n) is 2.65. The fourth-order valence-corrected chi connectivity index (χ4v) is 3.08. The van der Waals surface area contributed by atoms with Crippen molar-refractivity contribution in [1.82, 2.24) is 25.5 Å². The van der Waals surface area contributed by atoms with Gasteiger partial charge in [0.25, 0.3) is 0 Å². The van der Waals surface area contributed by atoms with Gasteiger partial charge in [-0.1, -0.05) is 17.8 Å². The summed E-state index contributed by atoms with van der Waals surface area (Å²) < 4.78 is 7.22. The molecule has 0 bridgehead atoms. The molecule has 1 aromatic carbocycles. The summed E-state index contributed by atoms with van der Waals surface area (Å²) in [5, 5.41) is 18.0. The van der Waals surface area contributed by atoms with Gasteiger partial charge in [-0.2, -0.15) is 4.68 Å². The van der Waals surface area contributed by atoms with Crippen molar-refractivity contribution < 1.29 is 9.53 Å². The van der Waals surface area contributed by atoms with Gasteiger partial charge < -0.3 is 15.4 Å². The van der Waals surface area contributed by atoms with Gasteiger partial charge in [0.1, 0.15) is 0 Å². The molecule has 2 aromatic rings. The Balaban J connectivity index is 1.65. The SMILES string of the molecule is CSc1nnnn1-c1cccc(NC(=O)N[C@H](C)[C@@H]2CCCO2)c1. The Bertz CT molecular complexity index is 701. The molecule has 2 atom stereocenters. The average molecular weight is 348 g/mol. The van der Waals surface area contributed by atoms with Crippen molar-refractivity contribution in [3.63, 3.8) is 0 Å². The Labute approximate surface area is 144 Å². The Hall–Kier alpha value is -2.13. The van der Waals surface area contributed by atoms with Gasteiger partial charge in [0.2, 0.25) is 5.16 Å². The number of rotatable bonds is 5. The third-order valence-electron chi connectivity index (χ3n) is 3.85. The molecule has 8 nitrogen and oxygen atoms in total. The van der Waals surface area contributed by atoms with E-state index >= 15 is 0 Å². The molecule has 9 heteroatoms. The molecule has 2 N–H and O–H groups in total. The molecule has 1 saturated heterocycles. The molecule has 3 rings (SSSR count). The number of aromatic nitrogens is 4. The highest BCUT2D eigenvalue weighted by Gasteiger charge is 2.23. The molecule has 1 fully saturated rings. The Morgan fingerprint density at radius 2 is 2.38 bits per heavy atom. The predicted octanol–water partition coefficient (Wildman–Crippen LogP) is 2.07. The summed E-state index contributed by atoms with van der Waals surface area (Å²) in [6.07, 6.45) is 4.02. The van der Waals surface area contributed by atoms with E-state index in [1.807, 2.05) is 37.4 Å². The summed E-state index contributed by atoms with van der Waals surface area (Å²) in [6.45, 7) is 2.72. The number of amides is 2. The fraction of sp³-hybridized carbons (Fsp3) is 0.467. The van der Waals surface area contributed by atoms with Crippen LogP contribution >= 0.6 is 11.8 Å². The number of thioether (sulfide) groups is 1. The minimum Gasteiger partial charge on any atom is -0.376 e. The molecular weight excluding hydrogens is 328 g/mol. The normalized spacial score (nSPS) is 18.3. The second kappa shape index (κ2) is 7.63. The maximum Gasteiger partial charge on any atom is 0.319 e. The van der Waals surface area contributed by atoms with E-state index in [1.54, 1.807) is 4.68 Å². The highest BCUT2D eigenvalue weighted by Crippen LogP contribution is 2.19. The lowest BCUT2D eigenvalue weighted by Gasteiger charge is -2.20. The van der Waals surface area contributed by atoms with Gasteiger partial charge in [-0.15, -0.1) is 5.10 Å². The van der Waals surface area contributed by atoms with Crippen LogP contribution in [-0.4, -0.2) is 51.2 Å². The van der Waals surface area contributed by atoms with Crippen LogP contribution in [0.15, 0.2) is 29.4 Å². The van der Waals surface area contributed by atoms with Crippen LogP contribution in [0.3, 0.4) is 0 Å². The molecule has 0 radical (unpaired) electrons. The van der Waals surface area contributed by atoms with Crippen molar-refractivity contribution in [3.05, 3.63) is 24.3 Å². The number of nitrogens with zero attached hydrogens (tertiary/aromatic N) is 4. The zero-order chi connectivity index (χ0) is 16.9. The number of carbonyl (C=O) groups excluding carboxylic acids is 1. The average Bonchev–Trinajstić information content (AvgIpc) is 3.26. The summed E-state index contributed by atoms with van der Waals surface area (Å²) in [6, 6.07) is 7.10. The number of hydrogen-bond acceptors (Lipinski definition) is 6. The van der Waals surface area contributed by atoms with E-state index in [-0.39, 0.29) is 18.2 Å². The van der Waals surface area contributed by atoms with Gasteiger partial charge >= 0.3 is 6.03 Å². The summed E-state index contributed by atoms with van der Waals surface area (Å²) >= 11 is 1.45. The predicted molar refractivity (Wildman–Crippen MR) is 91.5 cm³/mol. The molecule has 24 heavy (non-hydrogen) atoms. The van der Waals surface area contributed by atoms with Crippen molar-refractivity contribution in [2.24, 2.45) is 0 Å². The second-order valence-corrected chi connectivity index (χ2v) is 6.34. The lowest BCUT2D eigenvalue weighted by Crippen LogP contribution is -2.42. The third kappa shape index (κ3) is 3.85. The van der Waals surface area contributed by atoms with Gasteiger partial charge in [0, 0.05) is 12.3 Å². The van der Waals surface area contributed by atoms with Gasteiger partial charge in [0.15, 0.2) is 0 Å². The van der Waals surface area contributed by atoms with Crippen LogP contribution in [0.1, 0.15) is 19.8 Å². The lowest BCUT2D eigenvalue weighted by atomic mass is 10.1.